The highest BCUT2D eigenvalue weighted by Gasteiger charge is 2.09. The summed E-state index contributed by atoms with van der Waals surface area (Å²) in [4.78, 5) is 11.3. The molecule has 0 bridgehead atoms. The average molecular weight is 200 g/mol. The Morgan fingerprint density at radius 1 is 1.54 bits per heavy atom. The van der Waals surface area contributed by atoms with E-state index in [0.29, 0.717) is 6.29 Å². The summed E-state index contributed by atoms with van der Waals surface area (Å²) in [6, 6.07) is 3.06. The van der Waals surface area contributed by atoms with Crippen LogP contribution in [0.2, 0.25) is 0 Å². The van der Waals surface area contributed by atoms with Crippen LogP contribution in [0, 0.1) is 5.82 Å². The molecule has 0 aromatic heterocycles. The number of carbonyl (C=O) groups is 1. The zero-order valence-corrected chi connectivity index (χ0v) is 8.15. The number of aldehydes is 1. The lowest BCUT2D eigenvalue weighted by Crippen LogP contribution is -1.94. The molecule has 2 nitrogen and oxygen atoms in total. The van der Waals surface area contributed by atoms with E-state index in [0.717, 1.165) is 4.90 Å². The van der Waals surface area contributed by atoms with E-state index in [9.17, 15) is 9.18 Å². The topological polar surface area (TPSA) is 26.3 Å². The fourth-order valence-corrected chi connectivity index (χ4v) is 1.41. The molecular formula is C9H9FO2S. The Labute approximate surface area is 80.1 Å². The molecule has 0 N–H and O–H groups in total. The lowest BCUT2D eigenvalue weighted by molar-refractivity contribution is 0.111. The Kier molecular flexibility index (Phi) is 3.31. The summed E-state index contributed by atoms with van der Waals surface area (Å²) in [6.07, 6.45) is 2.33. The predicted molar refractivity (Wildman–Crippen MR) is 50.1 cm³/mol. The molecule has 0 saturated heterocycles. The second kappa shape index (κ2) is 4.28. The van der Waals surface area contributed by atoms with Gasteiger partial charge in [0.05, 0.1) is 12.7 Å². The maximum absolute atomic E-state index is 13.2. The Balaban J connectivity index is 3.28. The van der Waals surface area contributed by atoms with Gasteiger partial charge in [0.1, 0.15) is 0 Å². The fourth-order valence-electron chi connectivity index (χ4n) is 0.945. The number of ether oxygens (including phenoxy) is 1. The number of rotatable bonds is 3. The normalized spacial score (nSPS) is 9.77. The van der Waals surface area contributed by atoms with Gasteiger partial charge in [0.2, 0.25) is 0 Å². The van der Waals surface area contributed by atoms with E-state index in [2.05, 4.69) is 0 Å². The van der Waals surface area contributed by atoms with Crippen LogP contribution < -0.4 is 4.74 Å². The molecule has 0 saturated carbocycles. The third-order valence-electron chi connectivity index (χ3n) is 1.62. The van der Waals surface area contributed by atoms with E-state index in [1.54, 1.807) is 6.07 Å². The van der Waals surface area contributed by atoms with Gasteiger partial charge in [-0.15, -0.1) is 11.8 Å². The van der Waals surface area contributed by atoms with E-state index in [4.69, 9.17) is 4.74 Å². The van der Waals surface area contributed by atoms with Gasteiger partial charge in [0, 0.05) is 4.90 Å². The van der Waals surface area contributed by atoms with Gasteiger partial charge in [-0.1, -0.05) is 0 Å². The fraction of sp³-hybridized carbons (Fsp3) is 0.222. The van der Waals surface area contributed by atoms with Gasteiger partial charge in [-0.2, -0.15) is 0 Å². The van der Waals surface area contributed by atoms with Crippen molar-refractivity contribution in [3.63, 3.8) is 0 Å². The van der Waals surface area contributed by atoms with Crippen LogP contribution in [-0.2, 0) is 0 Å². The second-order valence-electron chi connectivity index (χ2n) is 2.35. The number of benzene rings is 1. The molecule has 13 heavy (non-hydrogen) atoms. The van der Waals surface area contributed by atoms with Crippen LogP contribution in [0.3, 0.4) is 0 Å². The monoisotopic (exact) mass is 200 g/mol. The number of halogens is 1. The zero-order valence-electron chi connectivity index (χ0n) is 7.33. The average Bonchev–Trinajstić information content (AvgIpc) is 2.18. The van der Waals surface area contributed by atoms with Crippen molar-refractivity contribution >= 4 is 18.0 Å². The summed E-state index contributed by atoms with van der Waals surface area (Å²) < 4.78 is 18.0. The third-order valence-corrected chi connectivity index (χ3v) is 2.33. The van der Waals surface area contributed by atoms with Crippen LogP contribution in [-0.4, -0.2) is 19.7 Å². The molecule has 0 spiro atoms. The zero-order chi connectivity index (χ0) is 9.84. The summed E-state index contributed by atoms with van der Waals surface area (Å²) in [6.45, 7) is 0. The minimum atomic E-state index is -0.602. The molecule has 0 unspecified atom stereocenters. The molecule has 0 aliphatic heterocycles. The van der Waals surface area contributed by atoms with Crippen molar-refractivity contribution in [2.45, 2.75) is 4.90 Å². The summed E-state index contributed by atoms with van der Waals surface area (Å²) in [5.74, 6) is -0.496. The SMILES string of the molecule is COc1cc(SC)cc(C=O)c1F. The second-order valence-corrected chi connectivity index (χ2v) is 3.23. The van der Waals surface area contributed by atoms with E-state index in [1.165, 1.54) is 24.9 Å². The van der Waals surface area contributed by atoms with Crippen LogP contribution in [0.25, 0.3) is 0 Å². The first-order chi connectivity index (χ1) is 6.22. The first kappa shape index (κ1) is 10.1. The molecule has 0 fully saturated rings. The molecule has 0 aliphatic rings. The Hall–Kier alpha value is -1.03. The largest absolute Gasteiger partial charge is 0.494 e. The molecular weight excluding hydrogens is 191 g/mol. The highest BCUT2D eigenvalue weighted by Crippen LogP contribution is 2.26. The van der Waals surface area contributed by atoms with Crippen molar-refractivity contribution in [1.82, 2.24) is 0 Å². The number of carbonyl (C=O) groups excluding carboxylic acids is 1. The van der Waals surface area contributed by atoms with Crippen LogP contribution in [0.15, 0.2) is 17.0 Å². The predicted octanol–water partition coefficient (Wildman–Crippen LogP) is 2.37. The van der Waals surface area contributed by atoms with Gasteiger partial charge in [-0.3, -0.25) is 4.79 Å². The van der Waals surface area contributed by atoms with Crippen LogP contribution >= 0.6 is 11.8 Å². The van der Waals surface area contributed by atoms with E-state index in [-0.39, 0.29) is 11.3 Å². The Morgan fingerprint density at radius 2 is 2.23 bits per heavy atom. The maximum Gasteiger partial charge on any atom is 0.175 e. The van der Waals surface area contributed by atoms with Crippen LogP contribution in [0.1, 0.15) is 10.4 Å². The van der Waals surface area contributed by atoms with Gasteiger partial charge in [0.25, 0.3) is 0 Å². The van der Waals surface area contributed by atoms with Crippen molar-refractivity contribution in [2.75, 3.05) is 13.4 Å². The summed E-state index contributed by atoms with van der Waals surface area (Å²) >= 11 is 1.43. The minimum Gasteiger partial charge on any atom is -0.494 e. The molecule has 0 heterocycles. The Morgan fingerprint density at radius 3 is 2.69 bits per heavy atom. The lowest BCUT2D eigenvalue weighted by atomic mass is 10.2. The van der Waals surface area contributed by atoms with Gasteiger partial charge in [-0.05, 0) is 18.4 Å². The Bertz CT molecular complexity index is 326. The van der Waals surface area contributed by atoms with Gasteiger partial charge < -0.3 is 4.74 Å². The van der Waals surface area contributed by atoms with Crippen molar-refractivity contribution < 1.29 is 13.9 Å². The molecule has 0 radical (unpaired) electrons. The van der Waals surface area contributed by atoms with Gasteiger partial charge in [-0.25, -0.2) is 4.39 Å². The first-order valence-electron chi connectivity index (χ1n) is 3.59. The standard InChI is InChI=1S/C9H9FO2S/c1-12-8-4-7(13-2)3-6(5-11)9(8)10/h3-5H,1-2H3. The van der Waals surface area contributed by atoms with E-state index in [1.807, 2.05) is 6.26 Å². The lowest BCUT2D eigenvalue weighted by Gasteiger charge is -2.05. The van der Waals surface area contributed by atoms with Gasteiger partial charge in [0.15, 0.2) is 17.9 Å². The number of hydrogen-bond donors (Lipinski definition) is 0. The van der Waals surface area contributed by atoms with Gasteiger partial charge >= 0.3 is 0 Å². The first-order valence-corrected chi connectivity index (χ1v) is 4.82. The van der Waals surface area contributed by atoms with Crippen molar-refractivity contribution in [1.29, 1.82) is 0 Å². The summed E-state index contributed by atoms with van der Waals surface area (Å²) in [7, 11) is 1.37. The molecule has 70 valence electrons. The van der Waals surface area contributed by atoms with Crippen molar-refractivity contribution in [3.05, 3.63) is 23.5 Å². The van der Waals surface area contributed by atoms with Crippen molar-refractivity contribution in [3.8, 4) is 5.75 Å². The minimum absolute atomic E-state index is 0.0312. The van der Waals surface area contributed by atoms with E-state index < -0.39 is 5.82 Å². The number of methoxy groups -OCH3 is 1. The molecule has 1 rings (SSSR count). The quantitative estimate of drug-likeness (QED) is 0.553. The molecule has 0 atom stereocenters. The third kappa shape index (κ3) is 2.01. The highest BCUT2D eigenvalue weighted by molar-refractivity contribution is 7.98. The molecule has 0 aliphatic carbocycles. The molecule has 4 heteroatoms. The van der Waals surface area contributed by atoms with E-state index >= 15 is 0 Å². The van der Waals surface area contributed by atoms with Crippen LogP contribution in [0.4, 0.5) is 4.39 Å². The number of thioether (sulfide) groups is 1. The smallest absolute Gasteiger partial charge is 0.175 e. The maximum atomic E-state index is 13.2. The highest BCUT2D eigenvalue weighted by atomic mass is 32.2. The number of hydrogen-bond acceptors (Lipinski definition) is 3. The molecule has 0 amide bonds. The summed E-state index contributed by atoms with van der Waals surface area (Å²) in [5.41, 5.74) is 0.0312. The molecule has 1 aromatic carbocycles. The van der Waals surface area contributed by atoms with Crippen LogP contribution in [0.5, 0.6) is 5.75 Å². The summed E-state index contributed by atoms with van der Waals surface area (Å²) in [5, 5.41) is 0. The molecule has 1 aromatic rings. The van der Waals surface area contributed by atoms with Crippen molar-refractivity contribution in [2.24, 2.45) is 0 Å².